The van der Waals surface area contributed by atoms with Gasteiger partial charge in [-0.2, -0.15) is 0 Å². The summed E-state index contributed by atoms with van der Waals surface area (Å²) in [7, 11) is 0. The second-order valence-electron chi connectivity index (χ2n) is 10.4. The smallest absolute Gasteiger partial charge is 0.410 e. The van der Waals surface area contributed by atoms with Gasteiger partial charge in [0.1, 0.15) is 18.2 Å². The number of rotatable bonds is 10. The molecule has 2 aliphatic heterocycles. The molecule has 0 spiro atoms. The fraction of sp³-hybridized carbons (Fsp3) is 0.630. The van der Waals surface area contributed by atoms with E-state index < -0.39 is 41.4 Å². The molecular weight excluding hydrogens is 478 g/mol. The lowest BCUT2D eigenvalue weighted by Crippen LogP contribution is -2.49. The Labute approximate surface area is 218 Å². The van der Waals surface area contributed by atoms with Crippen molar-refractivity contribution in [2.45, 2.75) is 77.7 Å². The van der Waals surface area contributed by atoms with Crippen LogP contribution in [0.3, 0.4) is 0 Å². The number of amides is 3. The van der Waals surface area contributed by atoms with Gasteiger partial charge in [0.2, 0.25) is 5.78 Å². The molecule has 2 N–H and O–H groups in total. The number of hydrogen-bond donors (Lipinski definition) is 2. The van der Waals surface area contributed by atoms with Crippen molar-refractivity contribution < 1.29 is 33.4 Å². The van der Waals surface area contributed by atoms with Crippen molar-refractivity contribution in [2.24, 2.45) is 5.41 Å². The van der Waals surface area contributed by atoms with Crippen LogP contribution in [-0.2, 0) is 23.8 Å². The largest absolute Gasteiger partial charge is 0.444 e. The second kappa shape index (κ2) is 12.9. The molecule has 3 amide bonds. The molecule has 37 heavy (non-hydrogen) atoms. The topological polar surface area (TPSA) is 123 Å². The zero-order valence-electron chi connectivity index (χ0n) is 22.2. The number of Topliss-reactive ketones (excluding diaryl/α,β-unsaturated/α-hetero) is 1. The van der Waals surface area contributed by atoms with Crippen LogP contribution in [0, 0.1) is 5.41 Å². The third-order valence-electron chi connectivity index (χ3n) is 6.84. The number of unbranched alkanes of at least 4 members (excludes halogenated alkanes) is 1. The van der Waals surface area contributed by atoms with Crippen molar-refractivity contribution in [3.63, 3.8) is 0 Å². The van der Waals surface area contributed by atoms with Gasteiger partial charge in [-0.3, -0.25) is 9.59 Å². The van der Waals surface area contributed by atoms with Crippen LogP contribution in [0.15, 0.2) is 30.3 Å². The average Bonchev–Trinajstić information content (AvgIpc) is 3.48. The summed E-state index contributed by atoms with van der Waals surface area (Å²) in [6.07, 6.45) is 0.294. The summed E-state index contributed by atoms with van der Waals surface area (Å²) in [5.74, 6) is -1.48. The first-order valence-electron chi connectivity index (χ1n) is 13.0. The Bertz CT molecular complexity index is 947. The molecule has 0 unspecified atom stereocenters. The van der Waals surface area contributed by atoms with Crippen LogP contribution in [0.5, 0.6) is 0 Å². The molecule has 10 heteroatoms. The molecule has 0 aromatic heterocycles. The van der Waals surface area contributed by atoms with Gasteiger partial charge < -0.3 is 29.7 Å². The highest BCUT2D eigenvalue weighted by molar-refractivity contribution is 6.38. The van der Waals surface area contributed by atoms with Crippen LogP contribution in [0.25, 0.3) is 0 Å². The number of carbonyl (C=O) groups is 4. The van der Waals surface area contributed by atoms with Gasteiger partial charge in [0.15, 0.2) is 0 Å². The standard InChI is InChI=1S/C27H39N3O7/c1-5-6-12-21(23(31)24(32)28-18(2)19-10-8-7-9-11-19)29-25(33)37-22-15-30(17-27(22,3)4)26(34)36-20-13-14-35-16-20/h7-11,18,20-22H,5-6,12-17H2,1-4H3,(H,28,32)(H,29,33)/t18-,20+,21+,22+/m1/s1. The van der Waals surface area contributed by atoms with E-state index in [0.29, 0.717) is 39.0 Å². The number of nitrogens with zero attached hydrogens (tertiary/aromatic N) is 1. The quantitative estimate of drug-likeness (QED) is 0.456. The molecule has 2 fully saturated rings. The number of carbonyl (C=O) groups excluding carboxylic acids is 4. The Morgan fingerprint density at radius 2 is 1.86 bits per heavy atom. The van der Waals surface area contributed by atoms with Gasteiger partial charge >= 0.3 is 12.2 Å². The van der Waals surface area contributed by atoms with E-state index in [4.69, 9.17) is 14.2 Å². The van der Waals surface area contributed by atoms with Crippen molar-refractivity contribution in [1.29, 1.82) is 0 Å². The van der Waals surface area contributed by atoms with E-state index in [1.807, 2.05) is 51.1 Å². The molecule has 0 aliphatic carbocycles. The molecule has 0 saturated carbocycles. The van der Waals surface area contributed by atoms with Gasteiger partial charge in [0, 0.05) is 18.4 Å². The first kappa shape index (κ1) is 28.4. The predicted octanol–water partition coefficient (Wildman–Crippen LogP) is 3.35. The van der Waals surface area contributed by atoms with Gasteiger partial charge in [-0.05, 0) is 18.9 Å². The number of ether oxygens (including phenoxy) is 3. The van der Waals surface area contributed by atoms with Crippen LogP contribution in [0.1, 0.15) is 65.0 Å². The van der Waals surface area contributed by atoms with Gasteiger partial charge in [0.25, 0.3) is 5.91 Å². The molecular formula is C27H39N3O7. The zero-order valence-corrected chi connectivity index (χ0v) is 22.2. The molecule has 4 atom stereocenters. The van der Waals surface area contributed by atoms with E-state index in [-0.39, 0.29) is 18.7 Å². The number of ketones is 1. The summed E-state index contributed by atoms with van der Waals surface area (Å²) in [6.45, 7) is 9.04. The third-order valence-corrected chi connectivity index (χ3v) is 6.84. The predicted molar refractivity (Wildman–Crippen MR) is 136 cm³/mol. The van der Waals surface area contributed by atoms with E-state index >= 15 is 0 Å². The Morgan fingerprint density at radius 1 is 1.14 bits per heavy atom. The van der Waals surface area contributed by atoms with Crippen molar-refractivity contribution >= 4 is 23.9 Å². The normalized spacial score (nSPS) is 22.1. The monoisotopic (exact) mass is 517 g/mol. The number of alkyl carbamates (subject to hydrolysis) is 1. The average molecular weight is 518 g/mol. The molecule has 2 saturated heterocycles. The Kier molecular flexibility index (Phi) is 9.91. The third kappa shape index (κ3) is 7.92. The van der Waals surface area contributed by atoms with Crippen molar-refractivity contribution in [3.05, 3.63) is 35.9 Å². The van der Waals surface area contributed by atoms with Crippen LogP contribution in [0.4, 0.5) is 9.59 Å². The number of likely N-dealkylation sites (tertiary alicyclic amines) is 1. The van der Waals surface area contributed by atoms with E-state index in [2.05, 4.69) is 10.6 Å². The van der Waals surface area contributed by atoms with Gasteiger partial charge in [-0.1, -0.05) is 63.9 Å². The van der Waals surface area contributed by atoms with Gasteiger partial charge in [0.05, 0.1) is 25.8 Å². The fourth-order valence-corrected chi connectivity index (χ4v) is 4.50. The van der Waals surface area contributed by atoms with Crippen molar-refractivity contribution in [1.82, 2.24) is 15.5 Å². The minimum Gasteiger partial charge on any atom is -0.444 e. The summed E-state index contributed by atoms with van der Waals surface area (Å²) < 4.78 is 16.4. The lowest BCUT2D eigenvalue weighted by molar-refractivity contribution is -0.139. The van der Waals surface area contributed by atoms with E-state index in [0.717, 1.165) is 12.0 Å². The first-order valence-corrected chi connectivity index (χ1v) is 13.0. The van der Waals surface area contributed by atoms with Crippen molar-refractivity contribution in [3.8, 4) is 0 Å². The molecule has 0 radical (unpaired) electrons. The van der Waals surface area contributed by atoms with E-state index in [1.54, 1.807) is 6.92 Å². The van der Waals surface area contributed by atoms with Gasteiger partial charge in [-0.25, -0.2) is 9.59 Å². The summed E-state index contributed by atoms with van der Waals surface area (Å²) >= 11 is 0. The summed E-state index contributed by atoms with van der Waals surface area (Å²) in [6, 6.07) is 7.94. The lowest BCUT2D eigenvalue weighted by atomic mass is 9.90. The zero-order chi connectivity index (χ0) is 27.0. The minimum absolute atomic E-state index is 0.176. The Morgan fingerprint density at radius 3 is 2.51 bits per heavy atom. The number of hydrogen-bond acceptors (Lipinski definition) is 7. The Balaban J connectivity index is 1.56. The van der Waals surface area contributed by atoms with Crippen LogP contribution in [0.2, 0.25) is 0 Å². The summed E-state index contributed by atoms with van der Waals surface area (Å²) in [4.78, 5) is 52.6. The van der Waals surface area contributed by atoms with E-state index in [1.165, 1.54) is 4.90 Å². The molecule has 0 bridgehead atoms. The molecule has 10 nitrogen and oxygen atoms in total. The SMILES string of the molecule is CCCC[C@H](NC(=O)O[C@H]1CN(C(=O)O[C@H]2CCOC2)CC1(C)C)C(=O)C(=O)N[C@H](C)c1ccccc1. The van der Waals surface area contributed by atoms with Crippen molar-refractivity contribution in [2.75, 3.05) is 26.3 Å². The molecule has 3 rings (SSSR count). The highest BCUT2D eigenvalue weighted by Crippen LogP contribution is 2.33. The minimum atomic E-state index is -1.01. The molecule has 1 aromatic carbocycles. The number of benzene rings is 1. The Hall–Kier alpha value is -3.14. The fourth-order valence-electron chi connectivity index (χ4n) is 4.50. The molecule has 2 heterocycles. The molecule has 1 aromatic rings. The summed E-state index contributed by atoms with van der Waals surface area (Å²) in [5, 5.41) is 5.30. The maximum absolute atomic E-state index is 13.0. The second-order valence-corrected chi connectivity index (χ2v) is 10.4. The lowest BCUT2D eigenvalue weighted by Gasteiger charge is -2.26. The van der Waals surface area contributed by atoms with Crippen LogP contribution >= 0.6 is 0 Å². The highest BCUT2D eigenvalue weighted by Gasteiger charge is 2.45. The van der Waals surface area contributed by atoms with Crippen LogP contribution < -0.4 is 10.6 Å². The maximum atomic E-state index is 13.0. The maximum Gasteiger partial charge on any atom is 0.410 e. The first-order chi connectivity index (χ1) is 17.6. The highest BCUT2D eigenvalue weighted by atomic mass is 16.6. The summed E-state index contributed by atoms with van der Waals surface area (Å²) in [5.41, 5.74) is 0.349. The van der Waals surface area contributed by atoms with Crippen LogP contribution in [-0.4, -0.2) is 73.3 Å². The van der Waals surface area contributed by atoms with Gasteiger partial charge in [-0.15, -0.1) is 0 Å². The molecule has 204 valence electrons. The number of nitrogens with one attached hydrogen (secondary N) is 2. The molecule has 2 aliphatic rings. The van der Waals surface area contributed by atoms with E-state index in [9.17, 15) is 19.2 Å².